The summed E-state index contributed by atoms with van der Waals surface area (Å²) in [5.41, 5.74) is 0.415. The highest BCUT2D eigenvalue weighted by Gasteiger charge is 2.27. The Bertz CT molecular complexity index is 1400. The molecule has 0 spiro atoms. The average Bonchev–Trinajstić information content (AvgIpc) is 3.67. The molecule has 1 saturated carbocycles. The van der Waals surface area contributed by atoms with Crippen molar-refractivity contribution in [1.82, 2.24) is 23.8 Å². The molecule has 10 nitrogen and oxygen atoms in total. The molecule has 0 amide bonds. The maximum absolute atomic E-state index is 12.8. The van der Waals surface area contributed by atoms with Gasteiger partial charge in [-0.1, -0.05) is 12.1 Å². The summed E-state index contributed by atoms with van der Waals surface area (Å²) in [4.78, 5) is 35.9. The minimum absolute atomic E-state index is 0.0555. The van der Waals surface area contributed by atoms with Crippen LogP contribution in [0.15, 0.2) is 51.1 Å². The van der Waals surface area contributed by atoms with Gasteiger partial charge in [-0.15, -0.1) is 0 Å². The zero-order valence-electron chi connectivity index (χ0n) is 18.3. The number of aromatic nitrogens is 4. The zero-order valence-corrected chi connectivity index (χ0v) is 19.2. The fourth-order valence-electron chi connectivity index (χ4n) is 4.35. The van der Waals surface area contributed by atoms with E-state index in [4.69, 9.17) is 0 Å². The second kappa shape index (κ2) is 8.38. The normalized spacial score (nSPS) is 17.5. The van der Waals surface area contributed by atoms with Gasteiger partial charge in [-0.3, -0.25) is 14.2 Å². The number of aryl methyl sites for hydroxylation is 1. The van der Waals surface area contributed by atoms with E-state index in [0.717, 1.165) is 23.9 Å². The van der Waals surface area contributed by atoms with Gasteiger partial charge in [-0.2, -0.15) is 0 Å². The number of hydrogen-bond acceptors (Lipinski definition) is 7. The fourth-order valence-corrected chi connectivity index (χ4v) is 5.35. The Morgan fingerprint density at radius 1 is 0.970 bits per heavy atom. The number of benzene rings is 1. The van der Waals surface area contributed by atoms with Crippen molar-refractivity contribution in [2.24, 2.45) is 13.0 Å². The number of anilines is 1. The third-order valence-electron chi connectivity index (χ3n) is 6.51. The molecule has 33 heavy (non-hydrogen) atoms. The number of piperidine rings is 1. The van der Waals surface area contributed by atoms with E-state index in [1.54, 1.807) is 11.6 Å². The monoisotopic (exact) mass is 470 g/mol. The van der Waals surface area contributed by atoms with Gasteiger partial charge in [-0.05, 0) is 43.7 Å². The molecule has 3 aromatic rings. The molecule has 11 heteroatoms. The molecule has 2 aliphatic rings. The predicted octanol–water partition coefficient (Wildman–Crippen LogP) is 1.02. The van der Waals surface area contributed by atoms with Crippen molar-refractivity contribution in [3.8, 4) is 0 Å². The quantitative estimate of drug-likeness (QED) is 0.534. The Morgan fingerprint density at radius 2 is 1.61 bits per heavy atom. The van der Waals surface area contributed by atoms with Gasteiger partial charge in [0.05, 0.1) is 23.4 Å². The van der Waals surface area contributed by atoms with Gasteiger partial charge in [0, 0.05) is 32.7 Å². The highest BCUT2D eigenvalue weighted by Crippen LogP contribution is 2.28. The summed E-state index contributed by atoms with van der Waals surface area (Å²) in [7, 11) is -1.99. The molecule has 1 aromatic carbocycles. The number of para-hydroxylation sites is 2. The molecule has 0 radical (unpaired) electrons. The van der Waals surface area contributed by atoms with Crippen LogP contribution in [-0.2, 0) is 17.1 Å². The summed E-state index contributed by atoms with van der Waals surface area (Å²) >= 11 is 0. The van der Waals surface area contributed by atoms with Gasteiger partial charge in [-0.25, -0.2) is 23.1 Å². The highest BCUT2D eigenvalue weighted by atomic mass is 32.2. The Balaban J connectivity index is 1.32. The van der Waals surface area contributed by atoms with Crippen LogP contribution in [-0.4, -0.2) is 47.2 Å². The van der Waals surface area contributed by atoms with Crippen LogP contribution in [0.3, 0.4) is 0 Å². The molecular formula is C22H26N6O4S. The summed E-state index contributed by atoms with van der Waals surface area (Å²) in [5.74, 6) is 0.895. The van der Waals surface area contributed by atoms with Gasteiger partial charge in [0.1, 0.15) is 4.90 Å². The van der Waals surface area contributed by atoms with Gasteiger partial charge in [0.25, 0.3) is 0 Å². The molecule has 1 saturated heterocycles. The molecule has 1 aliphatic carbocycles. The number of rotatable bonds is 6. The first-order chi connectivity index (χ1) is 15.8. The minimum atomic E-state index is -3.60. The van der Waals surface area contributed by atoms with Crippen molar-refractivity contribution in [2.45, 2.75) is 36.6 Å². The number of nitrogens with zero attached hydrogens (tertiary/aromatic N) is 5. The summed E-state index contributed by atoms with van der Waals surface area (Å²) in [6.07, 6.45) is 6.08. The third kappa shape index (κ3) is 4.18. The van der Waals surface area contributed by atoms with Gasteiger partial charge in [0.15, 0.2) is 0 Å². The molecule has 2 aromatic heterocycles. The molecule has 0 atom stereocenters. The van der Waals surface area contributed by atoms with Gasteiger partial charge >= 0.3 is 11.1 Å². The van der Waals surface area contributed by atoms with E-state index >= 15 is 0 Å². The largest absolute Gasteiger partial charge is 0.341 e. The second-order valence-corrected chi connectivity index (χ2v) is 10.5. The summed E-state index contributed by atoms with van der Waals surface area (Å²) in [5, 5.41) is 0. The average molecular weight is 471 g/mol. The first-order valence-electron chi connectivity index (χ1n) is 11.1. The van der Waals surface area contributed by atoms with Gasteiger partial charge in [0.2, 0.25) is 16.0 Å². The first-order valence-corrected chi connectivity index (χ1v) is 12.6. The van der Waals surface area contributed by atoms with E-state index in [-0.39, 0.29) is 10.9 Å². The minimum Gasteiger partial charge on any atom is -0.341 e. The zero-order chi connectivity index (χ0) is 23.2. The van der Waals surface area contributed by atoms with Crippen LogP contribution >= 0.6 is 0 Å². The molecule has 0 bridgehead atoms. The number of nitrogens with one attached hydrogen (secondary N) is 1. The predicted molar refractivity (Wildman–Crippen MR) is 124 cm³/mol. The van der Waals surface area contributed by atoms with Crippen LogP contribution in [0.1, 0.15) is 31.7 Å². The van der Waals surface area contributed by atoms with Crippen molar-refractivity contribution in [1.29, 1.82) is 0 Å². The van der Waals surface area contributed by atoms with E-state index < -0.39 is 21.1 Å². The lowest BCUT2D eigenvalue weighted by atomic mass is 10.0. The van der Waals surface area contributed by atoms with Crippen LogP contribution in [0, 0.1) is 5.92 Å². The van der Waals surface area contributed by atoms with E-state index in [1.165, 1.54) is 17.0 Å². The van der Waals surface area contributed by atoms with E-state index in [0.29, 0.717) is 44.3 Å². The van der Waals surface area contributed by atoms with Crippen LogP contribution in [0.4, 0.5) is 5.95 Å². The van der Waals surface area contributed by atoms with Crippen molar-refractivity contribution in [3.63, 3.8) is 0 Å². The lowest BCUT2D eigenvalue weighted by Crippen LogP contribution is -2.45. The van der Waals surface area contributed by atoms with Crippen LogP contribution in [0.2, 0.25) is 0 Å². The SMILES string of the molecule is Cn1c(=O)c(=O)n(C2CCN(c3ncc(S(=O)(=O)NCC4CC4)cn3)CC2)c2ccccc21. The highest BCUT2D eigenvalue weighted by molar-refractivity contribution is 7.89. The molecule has 2 fully saturated rings. The molecular weight excluding hydrogens is 444 g/mol. The molecule has 1 aliphatic heterocycles. The lowest BCUT2D eigenvalue weighted by Gasteiger charge is -2.33. The maximum atomic E-state index is 12.8. The molecule has 5 rings (SSSR count). The number of sulfonamides is 1. The van der Waals surface area contributed by atoms with E-state index in [9.17, 15) is 18.0 Å². The van der Waals surface area contributed by atoms with Crippen molar-refractivity contribution >= 4 is 27.0 Å². The van der Waals surface area contributed by atoms with Gasteiger partial charge < -0.3 is 9.47 Å². The Hall–Kier alpha value is -3.05. The van der Waals surface area contributed by atoms with E-state index in [2.05, 4.69) is 14.7 Å². The summed E-state index contributed by atoms with van der Waals surface area (Å²) < 4.78 is 30.4. The number of hydrogen-bond donors (Lipinski definition) is 1. The summed E-state index contributed by atoms with van der Waals surface area (Å²) in [6.45, 7) is 1.63. The van der Waals surface area contributed by atoms with Crippen LogP contribution in [0.25, 0.3) is 11.0 Å². The van der Waals surface area contributed by atoms with Crippen molar-refractivity contribution in [2.75, 3.05) is 24.5 Å². The third-order valence-corrected chi connectivity index (χ3v) is 7.88. The summed E-state index contributed by atoms with van der Waals surface area (Å²) in [6, 6.07) is 7.30. The van der Waals surface area contributed by atoms with Crippen LogP contribution in [0.5, 0.6) is 0 Å². The van der Waals surface area contributed by atoms with Crippen molar-refractivity contribution in [3.05, 3.63) is 57.4 Å². The fraction of sp³-hybridized carbons (Fsp3) is 0.455. The van der Waals surface area contributed by atoms with Crippen LogP contribution < -0.4 is 20.7 Å². The Labute approximate surface area is 190 Å². The maximum Gasteiger partial charge on any atom is 0.317 e. The van der Waals surface area contributed by atoms with E-state index in [1.807, 2.05) is 29.2 Å². The number of fused-ring (bicyclic) bond motifs is 1. The molecule has 1 N–H and O–H groups in total. The lowest BCUT2D eigenvalue weighted by molar-refractivity contribution is 0.391. The topological polar surface area (TPSA) is 119 Å². The Morgan fingerprint density at radius 3 is 2.24 bits per heavy atom. The Kier molecular flexibility index (Phi) is 5.53. The first kappa shape index (κ1) is 21.8. The molecule has 174 valence electrons. The smallest absolute Gasteiger partial charge is 0.317 e. The van der Waals surface area contributed by atoms with Crippen molar-refractivity contribution < 1.29 is 8.42 Å². The molecule has 0 unspecified atom stereocenters. The standard InChI is InChI=1S/C22H26N6O4S/c1-26-18-4-2-3-5-19(18)28(21(30)20(26)29)16-8-10-27(11-9-16)22-23-13-17(14-24-22)33(31,32)25-12-15-6-7-15/h2-5,13-16,25H,6-12H2,1H3. The molecule has 3 heterocycles. The second-order valence-electron chi connectivity index (χ2n) is 8.76.